The highest BCUT2D eigenvalue weighted by Gasteiger charge is 2.33. The summed E-state index contributed by atoms with van der Waals surface area (Å²) in [5.41, 5.74) is 1.81. The average Bonchev–Trinajstić information content (AvgIpc) is 3.71. The molecular formula is C47H55ClN8O8S2. The van der Waals surface area contributed by atoms with E-state index in [-0.39, 0.29) is 37.2 Å². The fourth-order valence-corrected chi connectivity index (χ4v) is 8.58. The molecule has 0 saturated carbocycles. The number of pyridine rings is 1. The number of nitrogens with zero attached hydrogens (tertiary/aromatic N) is 6. The van der Waals surface area contributed by atoms with Crippen LogP contribution in [0.3, 0.4) is 0 Å². The highest BCUT2D eigenvalue weighted by Crippen LogP contribution is 2.40. The number of carboxylic acid groups (broad SMARTS) is 1. The summed E-state index contributed by atoms with van der Waals surface area (Å²) in [5, 5.41) is 40.3. The van der Waals surface area contributed by atoms with Gasteiger partial charge in [0.05, 0.1) is 17.8 Å². The number of carbonyl (C=O) groups is 4. The molecule has 1 fully saturated rings. The Morgan fingerprint density at radius 2 is 1.56 bits per heavy atom. The van der Waals surface area contributed by atoms with E-state index in [9.17, 15) is 34.8 Å². The standard InChI is InChI=1S/C47H55ClN8O8S2/c1-29(43(58)59)56(42(57)37(53-45(61)64-47(5,6)7)11-8-9-20-51-44(60)63-46(2,3)4)23-24-62-34-18-14-30(15-19-34)38-35(25-49)39(55-21-10-22-55)54-41(36(38)26-50)66-28-33-27-65-40(52-33)31-12-16-32(48)17-13-31/h12-19,27,29,37H,8-11,20-24,28H2,1-7H3,(H,51,60)(H,53,61)(H,58,59)/t29-,37-/m0/s1. The van der Waals surface area contributed by atoms with Gasteiger partial charge in [-0.25, -0.2) is 24.4 Å². The van der Waals surface area contributed by atoms with E-state index in [1.54, 1.807) is 65.8 Å². The van der Waals surface area contributed by atoms with Crippen LogP contribution >= 0.6 is 34.7 Å². The van der Waals surface area contributed by atoms with Crippen LogP contribution in [0.4, 0.5) is 15.4 Å². The summed E-state index contributed by atoms with van der Waals surface area (Å²) in [6, 6.07) is 16.5. The largest absolute Gasteiger partial charge is 0.492 e. The minimum absolute atomic E-state index is 0.111. The molecule has 66 heavy (non-hydrogen) atoms. The zero-order valence-electron chi connectivity index (χ0n) is 38.1. The van der Waals surface area contributed by atoms with Crippen molar-refractivity contribution in [3.63, 3.8) is 0 Å². The molecule has 16 nitrogen and oxygen atoms in total. The Morgan fingerprint density at radius 1 is 0.924 bits per heavy atom. The minimum atomic E-state index is -1.28. The van der Waals surface area contributed by atoms with E-state index in [0.717, 1.165) is 40.7 Å². The molecule has 2 aromatic carbocycles. The van der Waals surface area contributed by atoms with Crippen molar-refractivity contribution < 1.29 is 38.5 Å². The van der Waals surface area contributed by atoms with Crippen LogP contribution in [-0.2, 0) is 24.8 Å². The second-order valence-electron chi connectivity index (χ2n) is 17.4. The molecule has 0 aliphatic carbocycles. The number of nitrogens with one attached hydrogen (secondary N) is 2. The first-order valence-electron chi connectivity index (χ1n) is 21.5. The zero-order valence-corrected chi connectivity index (χ0v) is 40.5. The number of hydrogen-bond acceptors (Lipinski definition) is 14. The molecule has 3 heterocycles. The molecule has 1 saturated heterocycles. The molecule has 1 aliphatic rings. The maximum absolute atomic E-state index is 14.1. The second-order valence-corrected chi connectivity index (χ2v) is 19.7. The quantitative estimate of drug-likeness (QED) is 0.0590. The van der Waals surface area contributed by atoms with Gasteiger partial charge in [-0.05, 0) is 104 Å². The Bertz CT molecular complexity index is 2440. The molecule has 0 radical (unpaired) electrons. The van der Waals surface area contributed by atoms with Crippen molar-refractivity contribution in [1.29, 1.82) is 10.5 Å². The number of rotatable bonds is 19. The zero-order chi connectivity index (χ0) is 48.2. The minimum Gasteiger partial charge on any atom is -0.492 e. The Hall–Kier alpha value is -6.08. The molecule has 0 spiro atoms. The summed E-state index contributed by atoms with van der Waals surface area (Å²) < 4.78 is 16.7. The molecule has 350 valence electrons. The number of thioether (sulfide) groups is 1. The fraction of sp³-hybridized carbons (Fsp3) is 0.447. The highest BCUT2D eigenvalue weighted by atomic mass is 35.5. The predicted octanol–water partition coefficient (Wildman–Crippen LogP) is 9.04. The van der Waals surface area contributed by atoms with E-state index in [1.165, 1.54) is 30.0 Å². The number of carboxylic acids is 1. The lowest BCUT2D eigenvalue weighted by atomic mass is 9.96. The lowest BCUT2D eigenvalue weighted by Gasteiger charge is -2.33. The van der Waals surface area contributed by atoms with Crippen LogP contribution in [0, 0.1) is 22.7 Å². The molecule has 19 heteroatoms. The average molecular weight is 960 g/mol. The van der Waals surface area contributed by atoms with E-state index in [4.69, 9.17) is 35.8 Å². The third-order valence-electron chi connectivity index (χ3n) is 9.95. The third-order valence-corrected chi connectivity index (χ3v) is 12.2. The number of halogens is 1. The van der Waals surface area contributed by atoms with Crippen molar-refractivity contribution in [2.45, 2.75) is 108 Å². The molecule has 3 N–H and O–H groups in total. The number of alkyl carbamates (subject to hydrolysis) is 2. The normalized spacial score (nSPS) is 13.3. The molecule has 3 amide bonds. The number of unbranched alkanes of at least 4 members (excludes halogenated alkanes) is 1. The lowest BCUT2D eigenvalue weighted by molar-refractivity contribution is -0.150. The molecule has 2 atom stereocenters. The number of carbonyl (C=O) groups excluding carboxylic acids is 3. The first-order valence-corrected chi connectivity index (χ1v) is 23.7. The monoisotopic (exact) mass is 958 g/mol. The maximum atomic E-state index is 14.1. The first kappa shape index (κ1) is 50.9. The van der Waals surface area contributed by atoms with Crippen molar-refractivity contribution in [2.75, 3.05) is 37.7 Å². The van der Waals surface area contributed by atoms with Gasteiger partial charge in [-0.1, -0.05) is 47.6 Å². The number of thiazole rings is 1. The Morgan fingerprint density at radius 3 is 2.15 bits per heavy atom. The van der Waals surface area contributed by atoms with Gasteiger partial charge < -0.3 is 39.8 Å². The Balaban J connectivity index is 1.31. The summed E-state index contributed by atoms with van der Waals surface area (Å²) in [6.07, 6.45) is 0.480. The smallest absolute Gasteiger partial charge is 0.408 e. The van der Waals surface area contributed by atoms with Gasteiger partial charge in [0, 0.05) is 46.9 Å². The third kappa shape index (κ3) is 14.5. The van der Waals surface area contributed by atoms with Crippen molar-refractivity contribution in [1.82, 2.24) is 25.5 Å². The van der Waals surface area contributed by atoms with Crippen LogP contribution in [0.25, 0.3) is 21.7 Å². The van der Waals surface area contributed by atoms with E-state index >= 15 is 0 Å². The predicted molar refractivity (Wildman–Crippen MR) is 254 cm³/mol. The maximum Gasteiger partial charge on any atom is 0.408 e. The van der Waals surface area contributed by atoms with Crippen LogP contribution in [0.2, 0.25) is 5.02 Å². The molecule has 1 aliphatic heterocycles. The van der Waals surface area contributed by atoms with Gasteiger partial charge >= 0.3 is 18.2 Å². The summed E-state index contributed by atoms with van der Waals surface area (Å²) in [4.78, 5) is 64.2. The summed E-state index contributed by atoms with van der Waals surface area (Å²) in [6.45, 7) is 13.1. The number of ether oxygens (including phenoxy) is 3. The van der Waals surface area contributed by atoms with Gasteiger partial charge in [0.2, 0.25) is 5.91 Å². The van der Waals surface area contributed by atoms with Gasteiger partial charge in [0.1, 0.15) is 69.2 Å². The van der Waals surface area contributed by atoms with Crippen molar-refractivity contribution in [3.05, 3.63) is 75.8 Å². The molecule has 2 aromatic heterocycles. The molecule has 4 aromatic rings. The highest BCUT2D eigenvalue weighted by molar-refractivity contribution is 7.98. The molecule has 0 unspecified atom stereocenters. The molecule has 0 bridgehead atoms. The van der Waals surface area contributed by atoms with Crippen LogP contribution in [-0.4, -0.2) is 100 Å². The van der Waals surface area contributed by atoms with Crippen LogP contribution in [0.15, 0.2) is 58.9 Å². The number of hydrogen-bond donors (Lipinski definition) is 3. The van der Waals surface area contributed by atoms with Crippen LogP contribution in [0.5, 0.6) is 5.75 Å². The van der Waals surface area contributed by atoms with E-state index in [0.29, 0.717) is 51.3 Å². The number of benzene rings is 2. The van der Waals surface area contributed by atoms with Crippen LogP contribution in [0.1, 0.15) is 91.0 Å². The summed E-state index contributed by atoms with van der Waals surface area (Å²) >= 11 is 8.96. The Kier molecular flexibility index (Phi) is 17.7. The van der Waals surface area contributed by atoms with Crippen LogP contribution < -0.4 is 20.3 Å². The SMILES string of the molecule is C[C@@H](C(=O)O)N(CCOc1ccc(-c2c(C#N)c(SCc3csc(-c4ccc(Cl)cc4)n3)nc(N3CCC3)c2C#N)cc1)C(=O)[C@H](CCCCNC(=O)OC(C)(C)C)NC(=O)OC(C)(C)C. The topological polar surface area (TPSA) is 220 Å². The molecule has 5 rings (SSSR count). The fourth-order valence-electron chi connectivity index (χ4n) is 6.65. The van der Waals surface area contributed by atoms with Gasteiger partial charge in [-0.2, -0.15) is 10.5 Å². The Labute approximate surface area is 398 Å². The van der Waals surface area contributed by atoms with Crippen molar-refractivity contribution in [2.24, 2.45) is 0 Å². The first-order chi connectivity index (χ1) is 31.3. The van der Waals surface area contributed by atoms with Gasteiger partial charge in [-0.15, -0.1) is 11.3 Å². The van der Waals surface area contributed by atoms with Gasteiger partial charge in [0.15, 0.2) is 0 Å². The van der Waals surface area contributed by atoms with E-state index < -0.39 is 47.3 Å². The van der Waals surface area contributed by atoms with Gasteiger partial charge in [-0.3, -0.25) is 4.79 Å². The molecular weight excluding hydrogens is 904 g/mol. The number of amides is 3. The van der Waals surface area contributed by atoms with E-state index in [1.807, 2.05) is 34.5 Å². The summed E-state index contributed by atoms with van der Waals surface area (Å²) in [7, 11) is 0. The number of aliphatic carboxylic acids is 1. The van der Waals surface area contributed by atoms with Crippen molar-refractivity contribution in [3.8, 4) is 39.6 Å². The number of anilines is 1. The van der Waals surface area contributed by atoms with Crippen molar-refractivity contribution >= 4 is 64.6 Å². The lowest BCUT2D eigenvalue weighted by Crippen LogP contribution is -2.54. The number of nitriles is 2. The van der Waals surface area contributed by atoms with E-state index in [2.05, 4.69) is 22.8 Å². The second kappa shape index (κ2) is 22.9. The number of aromatic nitrogens is 2. The summed E-state index contributed by atoms with van der Waals surface area (Å²) in [5.74, 6) is -0.569. The van der Waals surface area contributed by atoms with Gasteiger partial charge in [0.25, 0.3) is 0 Å².